The molecule has 0 aliphatic carbocycles. The molecule has 1 aliphatic rings. The lowest BCUT2D eigenvalue weighted by Crippen LogP contribution is -2.33. The van der Waals surface area contributed by atoms with Crippen molar-refractivity contribution >= 4 is 28.4 Å². The van der Waals surface area contributed by atoms with Crippen LogP contribution in [0, 0.1) is 0 Å². The van der Waals surface area contributed by atoms with Gasteiger partial charge < -0.3 is 15.5 Å². The zero-order valence-corrected chi connectivity index (χ0v) is 15.2. The Morgan fingerprint density at radius 1 is 1.00 bits per heavy atom. The number of anilines is 2. The summed E-state index contributed by atoms with van der Waals surface area (Å²) in [6.45, 7) is 2.50. The van der Waals surface area contributed by atoms with Gasteiger partial charge in [-0.1, -0.05) is 12.1 Å². The number of fused-ring (bicyclic) bond motifs is 1. The molecule has 3 aromatic rings. The Hall–Kier alpha value is -3.15. The average molecular weight is 361 g/mol. The number of urea groups is 1. The number of benzene rings is 1. The summed E-state index contributed by atoms with van der Waals surface area (Å²) in [5, 5.41) is 6.83. The van der Waals surface area contributed by atoms with E-state index in [1.54, 1.807) is 6.20 Å². The van der Waals surface area contributed by atoms with E-state index in [0.717, 1.165) is 41.1 Å². The second-order valence-corrected chi connectivity index (χ2v) is 6.75. The lowest BCUT2D eigenvalue weighted by molar-refractivity contribution is 0.251. The first-order chi connectivity index (χ1) is 13.3. The molecule has 6 nitrogen and oxygen atoms in total. The first kappa shape index (κ1) is 17.3. The Kier molecular flexibility index (Phi) is 5.14. The predicted molar refractivity (Wildman–Crippen MR) is 108 cm³/mol. The van der Waals surface area contributed by atoms with Crippen molar-refractivity contribution in [3.05, 3.63) is 60.4 Å². The summed E-state index contributed by atoms with van der Waals surface area (Å²) in [4.78, 5) is 23.5. The number of nitrogens with one attached hydrogen (secondary N) is 2. The monoisotopic (exact) mass is 361 g/mol. The lowest BCUT2D eigenvalue weighted by Gasteiger charge is -2.29. The highest BCUT2D eigenvalue weighted by molar-refractivity contribution is 5.92. The van der Waals surface area contributed by atoms with Crippen LogP contribution in [0.3, 0.4) is 0 Å². The van der Waals surface area contributed by atoms with Gasteiger partial charge in [-0.3, -0.25) is 4.98 Å². The van der Waals surface area contributed by atoms with Crippen LogP contribution >= 0.6 is 0 Å². The smallest absolute Gasteiger partial charge is 0.319 e. The van der Waals surface area contributed by atoms with Crippen LogP contribution < -0.4 is 15.5 Å². The largest absolute Gasteiger partial charge is 0.356 e. The van der Waals surface area contributed by atoms with Crippen molar-refractivity contribution in [2.75, 3.05) is 23.3 Å². The minimum absolute atomic E-state index is 0.230. The molecule has 1 aromatic carbocycles. The molecular weight excluding hydrogens is 338 g/mol. The van der Waals surface area contributed by atoms with Crippen molar-refractivity contribution in [1.29, 1.82) is 0 Å². The van der Waals surface area contributed by atoms with Crippen LogP contribution in [0.15, 0.2) is 54.9 Å². The maximum atomic E-state index is 12.3. The Labute approximate surface area is 158 Å². The van der Waals surface area contributed by atoms with Gasteiger partial charge >= 0.3 is 6.03 Å². The lowest BCUT2D eigenvalue weighted by atomic mass is 10.1. The van der Waals surface area contributed by atoms with E-state index in [2.05, 4.69) is 25.5 Å². The quantitative estimate of drug-likeness (QED) is 0.738. The molecule has 0 atom stereocenters. The molecule has 2 amide bonds. The number of nitrogens with zero attached hydrogens (tertiary/aromatic N) is 3. The van der Waals surface area contributed by atoms with Crippen molar-refractivity contribution in [3.8, 4) is 0 Å². The normalized spacial score (nSPS) is 14.1. The summed E-state index contributed by atoms with van der Waals surface area (Å²) in [7, 11) is 0. The zero-order chi connectivity index (χ0) is 18.5. The van der Waals surface area contributed by atoms with Crippen LogP contribution in [0.2, 0.25) is 0 Å². The summed E-state index contributed by atoms with van der Waals surface area (Å²) < 4.78 is 0. The first-order valence-corrected chi connectivity index (χ1v) is 9.38. The molecule has 138 valence electrons. The van der Waals surface area contributed by atoms with E-state index in [9.17, 15) is 4.79 Å². The van der Waals surface area contributed by atoms with Gasteiger partial charge in [-0.2, -0.15) is 0 Å². The van der Waals surface area contributed by atoms with E-state index in [1.807, 2.05) is 48.7 Å². The third-order valence-corrected chi connectivity index (χ3v) is 4.82. The van der Waals surface area contributed by atoms with Gasteiger partial charge in [0.05, 0.1) is 5.52 Å². The molecule has 6 heteroatoms. The summed E-state index contributed by atoms with van der Waals surface area (Å²) in [6, 6.07) is 13.3. The Balaban J connectivity index is 1.40. The highest BCUT2D eigenvalue weighted by Gasteiger charge is 2.15. The van der Waals surface area contributed by atoms with E-state index in [0.29, 0.717) is 6.54 Å². The number of aromatic nitrogens is 2. The van der Waals surface area contributed by atoms with E-state index >= 15 is 0 Å². The molecule has 1 aliphatic heterocycles. The van der Waals surface area contributed by atoms with Gasteiger partial charge in [-0.15, -0.1) is 0 Å². The summed E-state index contributed by atoms with van der Waals surface area (Å²) in [5.41, 5.74) is 2.69. The van der Waals surface area contributed by atoms with E-state index in [-0.39, 0.29) is 6.03 Å². The summed E-state index contributed by atoms with van der Waals surface area (Å²) in [5.74, 6) is 0.981. The second kappa shape index (κ2) is 8.03. The van der Waals surface area contributed by atoms with Crippen molar-refractivity contribution in [2.45, 2.75) is 25.8 Å². The fourth-order valence-electron chi connectivity index (χ4n) is 3.46. The fraction of sp³-hybridized carbons (Fsp3) is 0.286. The minimum atomic E-state index is -0.230. The molecule has 27 heavy (non-hydrogen) atoms. The van der Waals surface area contributed by atoms with E-state index in [1.165, 1.54) is 19.3 Å². The highest BCUT2D eigenvalue weighted by atomic mass is 16.2. The van der Waals surface area contributed by atoms with Crippen molar-refractivity contribution in [1.82, 2.24) is 15.3 Å². The van der Waals surface area contributed by atoms with E-state index in [4.69, 9.17) is 0 Å². The SMILES string of the molecule is O=C(NCc1cccnc1N1CCCCC1)Nc1ccc2ncccc2c1. The molecule has 3 heterocycles. The summed E-state index contributed by atoms with van der Waals surface area (Å²) >= 11 is 0. The molecular formula is C21H23N5O. The molecule has 2 N–H and O–H groups in total. The number of carbonyl (C=O) groups excluding carboxylic acids is 1. The number of amides is 2. The van der Waals surface area contributed by atoms with Crippen molar-refractivity contribution in [3.63, 3.8) is 0 Å². The number of hydrogen-bond acceptors (Lipinski definition) is 4. The van der Waals surface area contributed by atoms with Gasteiger partial charge in [0.1, 0.15) is 5.82 Å². The molecule has 0 spiro atoms. The molecule has 0 bridgehead atoms. The van der Waals surface area contributed by atoms with Gasteiger partial charge in [0.25, 0.3) is 0 Å². The third kappa shape index (κ3) is 4.16. The topological polar surface area (TPSA) is 70.2 Å². The van der Waals surface area contributed by atoms with Gasteiger partial charge in [-0.05, 0) is 49.6 Å². The zero-order valence-electron chi connectivity index (χ0n) is 15.2. The second-order valence-electron chi connectivity index (χ2n) is 6.75. The molecule has 0 unspecified atom stereocenters. The van der Waals surface area contributed by atoms with Crippen LogP contribution in [0.1, 0.15) is 24.8 Å². The summed E-state index contributed by atoms with van der Waals surface area (Å²) in [6.07, 6.45) is 7.24. The van der Waals surface area contributed by atoms with Crippen LogP contribution in [-0.4, -0.2) is 29.1 Å². The van der Waals surface area contributed by atoms with Gasteiger partial charge in [-0.25, -0.2) is 9.78 Å². The van der Waals surface area contributed by atoms with Gasteiger partial charge in [0.2, 0.25) is 0 Å². The van der Waals surface area contributed by atoms with Crippen molar-refractivity contribution < 1.29 is 4.79 Å². The predicted octanol–water partition coefficient (Wildman–Crippen LogP) is 3.94. The molecule has 2 aromatic heterocycles. The molecule has 4 rings (SSSR count). The number of hydrogen-bond donors (Lipinski definition) is 2. The molecule has 1 fully saturated rings. The van der Waals surface area contributed by atoms with E-state index < -0.39 is 0 Å². The average Bonchev–Trinajstić information content (AvgIpc) is 2.73. The maximum Gasteiger partial charge on any atom is 0.319 e. The van der Waals surface area contributed by atoms with Crippen LogP contribution in [-0.2, 0) is 6.54 Å². The Morgan fingerprint density at radius 3 is 2.70 bits per heavy atom. The molecule has 1 saturated heterocycles. The van der Waals surface area contributed by atoms with Gasteiger partial charge in [0, 0.05) is 48.7 Å². The Morgan fingerprint density at radius 2 is 1.81 bits per heavy atom. The van der Waals surface area contributed by atoms with Crippen molar-refractivity contribution in [2.24, 2.45) is 0 Å². The molecule has 0 radical (unpaired) electrons. The minimum Gasteiger partial charge on any atom is -0.356 e. The standard InChI is InChI=1S/C21H23N5O/c27-21(25-18-8-9-19-16(14-18)6-4-10-22-19)24-15-17-7-5-11-23-20(17)26-12-2-1-3-13-26/h4-11,14H,1-3,12-13,15H2,(H2,24,25,27). The first-order valence-electron chi connectivity index (χ1n) is 9.38. The number of rotatable bonds is 4. The maximum absolute atomic E-state index is 12.3. The fourth-order valence-corrected chi connectivity index (χ4v) is 3.46. The van der Waals surface area contributed by atoms with Gasteiger partial charge in [0.15, 0.2) is 0 Å². The number of pyridine rings is 2. The highest BCUT2D eigenvalue weighted by Crippen LogP contribution is 2.21. The molecule has 0 saturated carbocycles. The number of carbonyl (C=O) groups is 1. The van der Waals surface area contributed by atoms with Crippen LogP contribution in [0.25, 0.3) is 10.9 Å². The van der Waals surface area contributed by atoms with Crippen LogP contribution in [0.5, 0.6) is 0 Å². The third-order valence-electron chi connectivity index (χ3n) is 4.82. The number of piperidine rings is 1. The van der Waals surface area contributed by atoms with Crippen LogP contribution in [0.4, 0.5) is 16.3 Å². The Bertz CT molecular complexity index is 937.